The maximum atomic E-state index is 13.2. The highest BCUT2D eigenvalue weighted by atomic mass is 16.5. The van der Waals surface area contributed by atoms with Crippen LogP contribution in [0.25, 0.3) is 11.2 Å². The highest BCUT2D eigenvalue weighted by Gasteiger charge is 2.33. The van der Waals surface area contributed by atoms with Crippen molar-refractivity contribution in [3.63, 3.8) is 0 Å². The normalized spacial score (nSPS) is 16.4. The van der Waals surface area contributed by atoms with Gasteiger partial charge in [0.2, 0.25) is 0 Å². The van der Waals surface area contributed by atoms with E-state index in [-0.39, 0.29) is 11.8 Å². The van der Waals surface area contributed by atoms with Gasteiger partial charge in [-0.2, -0.15) is 5.10 Å². The van der Waals surface area contributed by atoms with Crippen molar-refractivity contribution in [2.45, 2.75) is 18.9 Å². The van der Waals surface area contributed by atoms with E-state index in [1.165, 1.54) is 0 Å². The van der Waals surface area contributed by atoms with E-state index in [0.717, 1.165) is 23.3 Å². The summed E-state index contributed by atoms with van der Waals surface area (Å²) in [5.41, 5.74) is 8.57. The second-order valence-corrected chi connectivity index (χ2v) is 6.93. The molecule has 0 radical (unpaired) electrons. The molecule has 9 heteroatoms. The van der Waals surface area contributed by atoms with Crippen molar-refractivity contribution in [3.05, 3.63) is 41.9 Å². The third-order valence-corrected chi connectivity index (χ3v) is 5.23. The first kappa shape index (κ1) is 19.1. The van der Waals surface area contributed by atoms with Gasteiger partial charge in [0.05, 0.1) is 32.0 Å². The standard InChI is InChI=1S/C20H24N6O3/c1-28-14-3-4-16(29-2)15(11-14)20(27)25-9-5-13(12-25)17-18-19(23-8-7-22-18)26(24-17)10-6-21/h3-4,7-8,11,13H,5-6,9-10,12,21H2,1-2H3/t13-/m1/s1. The van der Waals surface area contributed by atoms with E-state index in [0.29, 0.717) is 43.2 Å². The van der Waals surface area contributed by atoms with Gasteiger partial charge in [0.1, 0.15) is 17.0 Å². The number of nitrogens with zero attached hydrogens (tertiary/aromatic N) is 5. The van der Waals surface area contributed by atoms with Crippen LogP contribution in [0, 0.1) is 0 Å². The number of amides is 1. The molecule has 0 aliphatic carbocycles. The molecule has 0 bridgehead atoms. The van der Waals surface area contributed by atoms with E-state index in [2.05, 4.69) is 9.97 Å². The third-order valence-electron chi connectivity index (χ3n) is 5.23. The quantitative estimate of drug-likeness (QED) is 0.671. The summed E-state index contributed by atoms with van der Waals surface area (Å²) >= 11 is 0. The molecule has 4 rings (SSSR count). The topological polar surface area (TPSA) is 108 Å². The number of ether oxygens (including phenoxy) is 2. The predicted octanol–water partition coefficient (Wildman–Crippen LogP) is 1.43. The molecule has 2 aromatic heterocycles. The molecule has 1 fully saturated rings. The van der Waals surface area contributed by atoms with Gasteiger partial charge in [0.15, 0.2) is 5.65 Å². The van der Waals surface area contributed by atoms with Crippen LogP contribution in [-0.4, -0.2) is 64.4 Å². The molecule has 1 amide bonds. The number of fused-ring (bicyclic) bond motifs is 1. The number of hydrogen-bond acceptors (Lipinski definition) is 7. The van der Waals surface area contributed by atoms with Crippen LogP contribution in [-0.2, 0) is 6.54 Å². The van der Waals surface area contributed by atoms with Crippen molar-refractivity contribution in [1.29, 1.82) is 0 Å². The minimum atomic E-state index is -0.0833. The Labute approximate surface area is 168 Å². The van der Waals surface area contributed by atoms with E-state index < -0.39 is 0 Å². The second-order valence-electron chi connectivity index (χ2n) is 6.93. The molecular weight excluding hydrogens is 372 g/mol. The number of carbonyl (C=O) groups is 1. The Morgan fingerprint density at radius 1 is 1.24 bits per heavy atom. The van der Waals surface area contributed by atoms with Crippen LogP contribution in [0.3, 0.4) is 0 Å². The van der Waals surface area contributed by atoms with Crippen LogP contribution in [0.2, 0.25) is 0 Å². The largest absolute Gasteiger partial charge is 0.497 e. The maximum Gasteiger partial charge on any atom is 0.257 e. The number of carbonyl (C=O) groups excluding carboxylic acids is 1. The zero-order valence-electron chi connectivity index (χ0n) is 16.5. The average molecular weight is 396 g/mol. The Morgan fingerprint density at radius 3 is 2.83 bits per heavy atom. The number of rotatable bonds is 6. The first-order valence-corrected chi connectivity index (χ1v) is 9.55. The molecule has 1 aromatic carbocycles. The lowest BCUT2D eigenvalue weighted by Crippen LogP contribution is -2.29. The molecule has 0 spiro atoms. The summed E-state index contributed by atoms with van der Waals surface area (Å²) in [6.45, 7) is 2.24. The van der Waals surface area contributed by atoms with E-state index in [1.54, 1.807) is 49.5 Å². The smallest absolute Gasteiger partial charge is 0.257 e. The van der Waals surface area contributed by atoms with Crippen molar-refractivity contribution in [2.24, 2.45) is 5.73 Å². The van der Waals surface area contributed by atoms with Crippen LogP contribution in [0.15, 0.2) is 30.6 Å². The van der Waals surface area contributed by atoms with Crippen molar-refractivity contribution in [3.8, 4) is 11.5 Å². The van der Waals surface area contributed by atoms with Gasteiger partial charge < -0.3 is 20.1 Å². The molecular formula is C20H24N6O3. The molecule has 1 saturated heterocycles. The fraction of sp³-hybridized carbons (Fsp3) is 0.400. The molecule has 2 N–H and O–H groups in total. The zero-order chi connectivity index (χ0) is 20.4. The van der Waals surface area contributed by atoms with Crippen LogP contribution >= 0.6 is 0 Å². The predicted molar refractivity (Wildman–Crippen MR) is 107 cm³/mol. The van der Waals surface area contributed by atoms with E-state index in [1.807, 2.05) is 4.90 Å². The fourth-order valence-corrected chi connectivity index (χ4v) is 3.80. The summed E-state index contributed by atoms with van der Waals surface area (Å²) in [7, 11) is 3.13. The average Bonchev–Trinajstić information content (AvgIpc) is 3.38. The molecule has 1 aliphatic heterocycles. The summed E-state index contributed by atoms with van der Waals surface area (Å²) in [4.78, 5) is 23.9. The maximum absolute atomic E-state index is 13.2. The van der Waals surface area contributed by atoms with Gasteiger partial charge in [0.25, 0.3) is 5.91 Å². The van der Waals surface area contributed by atoms with Crippen molar-refractivity contribution in [2.75, 3.05) is 33.9 Å². The number of benzene rings is 1. The number of aromatic nitrogens is 4. The Kier molecular flexibility index (Phi) is 5.30. The Hall–Kier alpha value is -3.20. The van der Waals surface area contributed by atoms with Crippen LogP contribution in [0.1, 0.15) is 28.4 Å². The van der Waals surface area contributed by atoms with Gasteiger partial charge >= 0.3 is 0 Å². The second kappa shape index (κ2) is 8.04. The highest BCUT2D eigenvalue weighted by Crippen LogP contribution is 2.33. The molecule has 1 aliphatic rings. The molecule has 9 nitrogen and oxygen atoms in total. The first-order valence-electron chi connectivity index (χ1n) is 9.55. The lowest BCUT2D eigenvalue weighted by atomic mass is 10.0. The minimum Gasteiger partial charge on any atom is -0.497 e. The molecule has 1 atom stereocenters. The van der Waals surface area contributed by atoms with Crippen molar-refractivity contribution in [1.82, 2.24) is 24.6 Å². The minimum absolute atomic E-state index is 0.0833. The van der Waals surface area contributed by atoms with Gasteiger partial charge in [-0.1, -0.05) is 0 Å². The molecule has 3 aromatic rings. The summed E-state index contributed by atoms with van der Waals surface area (Å²) in [6, 6.07) is 5.24. The van der Waals surface area contributed by atoms with Gasteiger partial charge in [-0.05, 0) is 24.6 Å². The van der Waals surface area contributed by atoms with Gasteiger partial charge in [-0.25, -0.2) is 14.6 Å². The van der Waals surface area contributed by atoms with Crippen LogP contribution in [0.4, 0.5) is 0 Å². The van der Waals surface area contributed by atoms with Gasteiger partial charge in [0, 0.05) is 37.9 Å². The molecule has 0 saturated carbocycles. The van der Waals surface area contributed by atoms with E-state index >= 15 is 0 Å². The Morgan fingerprint density at radius 2 is 2.07 bits per heavy atom. The van der Waals surface area contributed by atoms with Gasteiger partial charge in [-0.3, -0.25) is 4.79 Å². The first-order chi connectivity index (χ1) is 14.2. The fourth-order valence-electron chi connectivity index (χ4n) is 3.80. The van der Waals surface area contributed by atoms with E-state index in [9.17, 15) is 4.79 Å². The molecule has 3 heterocycles. The zero-order valence-corrected chi connectivity index (χ0v) is 16.5. The Balaban J connectivity index is 1.60. The van der Waals surface area contributed by atoms with Crippen molar-refractivity contribution < 1.29 is 14.3 Å². The summed E-state index contributed by atoms with van der Waals surface area (Å²) in [5, 5.41) is 4.72. The molecule has 152 valence electrons. The number of nitrogens with two attached hydrogens (primary N) is 1. The molecule has 29 heavy (non-hydrogen) atoms. The highest BCUT2D eigenvalue weighted by molar-refractivity contribution is 5.97. The molecule has 0 unspecified atom stereocenters. The lowest BCUT2D eigenvalue weighted by Gasteiger charge is -2.18. The van der Waals surface area contributed by atoms with Crippen LogP contribution in [0.5, 0.6) is 11.5 Å². The van der Waals surface area contributed by atoms with Crippen LogP contribution < -0.4 is 15.2 Å². The Bertz CT molecular complexity index is 1030. The van der Waals surface area contributed by atoms with Crippen molar-refractivity contribution >= 4 is 17.1 Å². The summed E-state index contributed by atoms with van der Waals surface area (Å²) < 4.78 is 12.4. The number of methoxy groups -OCH3 is 2. The van der Waals surface area contributed by atoms with Gasteiger partial charge in [-0.15, -0.1) is 0 Å². The SMILES string of the molecule is COc1ccc(OC)c(C(=O)N2CC[C@@H](c3nn(CCN)c4nccnc34)C2)c1. The van der Waals surface area contributed by atoms with E-state index in [4.69, 9.17) is 20.3 Å². The summed E-state index contributed by atoms with van der Waals surface area (Å²) in [6.07, 6.45) is 4.13. The third kappa shape index (κ3) is 3.49. The number of likely N-dealkylation sites (tertiary alicyclic amines) is 1. The monoisotopic (exact) mass is 396 g/mol. The summed E-state index contributed by atoms with van der Waals surface area (Å²) in [5.74, 6) is 1.16. The number of hydrogen-bond donors (Lipinski definition) is 1. The lowest BCUT2D eigenvalue weighted by molar-refractivity contribution is 0.0787.